The van der Waals surface area contributed by atoms with E-state index in [9.17, 15) is 13.2 Å². The summed E-state index contributed by atoms with van der Waals surface area (Å²) in [6.07, 6.45) is 1.19. The molecule has 3 rings (SSSR count). The molecule has 7 heteroatoms. The number of sulfone groups is 1. The van der Waals surface area contributed by atoms with Gasteiger partial charge in [0, 0.05) is 24.9 Å². The molecule has 0 N–H and O–H groups in total. The molecule has 1 heterocycles. The van der Waals surface area contributed by atoms with Crippen molar-refractivity contribution in [1.29, 1.82) is 0 Å². The Morgan fingerprint density at radius 1 is 1.00 bits per heavy atom. The van der Waals surface area contributed by atoms with Gasteiger partial charge < -0.3 is 14.4 Å². The molecule has 0 atom stereocenters. The highest BCUT2D eigenvalue weighted by Crippen LogP contribution is 2.31. The van der Waals surface area contributed by atoms with Crippen molar-refractivity contribution >= 4 is 15.7 Å². The number of benzene rings is 2. The summed E-state index contributed by atoms with van der Waals surface area (Å²) < 4.78 is 33.9. The molecule has 0 fully saturated rings. The first-order valence-corrected chi connectivity index (χ1v) is 10.9. The fourth-order valence-corrected chi connectivity index (χ4v) is 3.76. The molecule has 0 aliphatic carbocycles. The Morgan fingerprint density at radius 3 is 2.26 bits per heavy atom. The van der Waals surface area contributed by atoms with E-state index in [-0.39, 0.29) is 11.7 Å². The Balaban J connectivity index is 1.72. The van der Waals surface area contributed by atoms with Crippen LogP contribution in [0.3, 0.4) is 0 Å². The van der Waals surface area contributed by atoms with Crippen molar-refractivity contribution in [3.05, 3.63) is 59.2 Å². The second-order valence-electron chi connectivity index (χ2n) is 6.56. The summed E-state index contributed by atoms with van der Waals surface area (Å²) in [5.41, 5.74) is 2.17. The molecular formula is C20H23NO5S. The van der Waals surface area contributed by atoms with Crippen LogP contribution in [-0.4, -0.2) is 45.2 Å². The molecule has 0 spiro atoms. The van der Waals surface area contributed by atoms with Crippen molar-refractivity contribution in [2.75, 3.05) is 26.0 Å². The van der Waals surface area contributed by atoms with E-state index < -0.39 is 9.84 Å². The van der Waals surface area contributed by atoms with Crippen LogP contribution in [0.15, 0.2) is 42.5 Å². The molecule has 27 heavy (non-hydrogen) atoms. The average molecular weight is 389 g/mol. The van der Waals surface area contributed by atoms with Crippen LogP contribution in [0.2, 0.25) is 0 Å². The Labute approximate surface area is 159 Å². The van der Waals surface area contributed by atoms with Crippen LogP contribution in [0.25, 0.3) is 0 Å². The molecule has 1 amide bonds. The van der Waals surface area contributed by atoms with Gasteiger partial charge in [-0.1, -0.05) is 18.2 Å². The van der Waals surface area contributed by atoms with Gasteiger partial charge in [-0.3, -0.25) is 4.79 Å². The largest absolute Gasteiger partial charge is 0.486 e. The fourth-order valence-electron chi connectivity index (χ4n) is 2.96. The fraction of sp³-hybridized carbons (Fsp3) is 0.350. The number of hydrogen-bond donors (Lipinski definition) is 0. The summed E-state index contributed by atoms with van der Waals surface area (Å²) >= 11 is 0. The van der Waals surface area contributed by atoms with Crippen LogP contribution < -0.4 is 9.47 Å². The number of nitrogens with zero attached hydrogens (tertiary/aromatic N) is 1. The lowest BCUT2D eigenvalue weighted by Crippen LogP contribution is -2.30. The van der Waals surface area contributed by atoms with Gasteiger partial charge in [-0.05, 0) is 42.3 Å². The van der Waals surface area contributed by atoms with Crippen molar-refractivity contribution in [2.24, 2.45) is 0 Å². The number of fused-ring (bicyclic) bond motifs is 1. The first-order valence-electron chi connectivity index (χ1n) is 8.80. The van der Waals surface area contributed by atoms with Crippen LogP contribution in [0.1, 0.15) is 28.4 Å². The molecule has 0 bridgehead atoms. The van der Waals surface area contributed by atoms with Gasteiger partial charge in [0.2, 0.25) is 0 Å². The van der Waals surface area contributed by atoms with Crippen LogP contribution >= 0.6 is 0 Å². The van der Waals surface area contributed by atoms with E-state index in [1.165, 1.54) is 6.26 Å². The van der Waals surface area contributed by atoms with Gasteiger partial charge in [0.05, 0.1) is 5.75 Å². The smallest absolute Gasteiger partial charge is 0.254 e. The summed E-state index contributed by atoms with van der Waals surface area (Å²) in [7, 11) is -3.10. The second-order valence-corrected chi connectivity index (χ2v) is 8.70. The number of carbonyl (C=O) groups is 1. The minimum absolute atomic E-state index is 0.0316. The van der Waals surface area contributed by atoms with Crippen molar-refractivity contribution in [3.63, 3.8) is 0 Å². The van der Waals surface area contributed by atoms with Crippen molar-refractivity contribution in [2.45, 2.75) is 19.2 Å². The molecule has 0 radical (unpaired) electrons. The van der Waals surface area contributed by atoms with Gasteiger partial charge in [0.1, 0.15) is 13.2 Å². The lowest BCUT2D eigenvalue weighted by molar-refractivity contribution is 0.0752. The highest BCUT2D eigenvalue weighted by molar-refractivity contribution is 7.89. The van der Waals surface area contributed by atoms with Crippen molar-refractivity contribution in [3.8, 4) is 11.5 Å². The molecule has 2 aromatic rings. The van der Waals surface area contributed by atoms with Gasteiger partial charge in [-0.25, -0.2) is 8.42 Å². The van der Waals surface area contributed by atoms with Gasteiger partial charge in [-0.15, -0.1) is 0 Å². The Kier molecular flexibility index (Phi) is 5.70. The number of carbonyl (C=O) groups excluding carboxylic acids is 1. The van der Waals surface area contributed by atoms with E-state index in [4.69, 9.17) is 9.47 Å². The highest BCUT2D eigenvalue weighted by Gasteiger charge is 2.17. The van der Waals surface area contributed by atoms with Crippen LogP contribution in [-0.2, 0) is 22.1 Å². The highest BCUT2D eigenvalue weighted by atomic mass is 32.2. The van der Waals surface area contributed by atoms with Gasteiger partial charge in [0.25, 0.3) is 5.91 Å². The first kappa shape index (κ1) is 19.2. The maximum atomic E-state index is 12.8. The number of rotatable bonds is 6. The molecule has 6 nitrogen and oxygen atoms in total. The van der Waals surface area contributed by atoms with E-state index in [2.05, 4.69) is 0 Å². The molecule has 2 aromatic carbocycles. The number of ether oxygens (including phenoxy) is 2. The first-order chi connectivity index (χ1) is 12.9. The van der Waals surface area contributed by atoms with Crippen molar-refractivity contribution < 1.29 is 22.7 Å². The molecule has 0 saturated carbocycles. The predicted molar refractivity (Wildman–Crippen MR) is 103 cm³/mol. The predicted octanol–water partition coefficient (Wildman–Crippen LogP) is 2.66. The molecule has 0 aromatic heterocycles. The SMILES string of the molecule is CCN(Cc1ccc2c(c1)OCCO2)C(=O)c1ccc(CS(C)(=O)=O)cc1. The van der Waals surface area contributed by atoms with Crippen LogP contribution in [0.4, 0.5) is 0 Å². The van der Waals surface area contributed by atoms with E-state index >= 15 is 0 Å². The maximum absolute atomic E-state index is 12.8. The third-order valence-corrected chi connectivity index (χ3v) is 5.14. The Bertz CT molecular complexity index is 922. The zero-order chi connectivity index (χ0) is 19.4. The van der Waals surface area contributed by atoms with Gasteiger partial charge >= 0.3 is 0 Å². The third-order valence-electron chi connectivity index (χ3n) is 4.28. The topological polar surface area (TPSA) is 72.9 Å². The van der Waals surface area contributed by atoms with E-state index in [0.717, 1.165) is 11.3 Å². The molecule has 1 aliphatic rings. The van der Waals surface area contributed by atoms with Crippen molar-refractivity contribution in [1.82, 2.24) is 4.90 Å². The summed E-state index contributed by atoms with van der Waals surface area (Å²) in [5, 5.41) is 0. The summed E-state index contributed by atoms with van der Waals surface area (Å²) in [5.74, 6) is 1.29. The minimum Gasteiger partial charge on any atom is -0.486 e. The summed E-state index contributed by atoms with van der Waals surface area (Å²) in [6, 6.07) is 12.4. The average Bonchev–Trinajstić information content (AvgIpc) is 2.65. The van der Waals surface area contributed by atoms with E-state index in [1.807, 2.05) is 25.1 Å². The molecule has 0 unspecified atom stereocenters. The summed E-state index contributed by atoms with van der Waals surface area (Å²) in [6.45, 7) is 4.00. The van der Waals surface area contributed by atoms with E-state index in [0.29, 0.717) is 43.2 Å². The molecule has 1 aliphatic heterocycles. The molecule has 144 valence electrons. The van der Waals surface area contributed by atoms with Gasteiger partial charge in [0.15, 0.2) is 21.3 Å². The quantitative estimate of drug-likeness (QED) is 0.759. The molecule has 0 saturated heterocycles. The van der Waals surface area contributed by atoms with Crippen LogP contribution in [0.5, 0.6) is 11.5 Å². The third kappa shape index (κ3) is 5.01. The van der Waals surface area contributed by atoms with Gasteiger partial charge in [-0.2, -0.15) is 0 Å². The zero-order valence-electron chi connectivity index (χ0n) is 15.5. The normalized spacial score (nSPS) is 13.3. The standard InChI is InChI=1S/C20H23NO5S/c1-3-21(13-16-6-9-18-19(12-16)26-11-10-25-18)20(22)17-7-4-15(5-8-17)14-27(2,23)24/h4-9,12H,3,10-11,13-14H2,1-2H3. The number of hydrogen-bond acceptors (Lipinski definition) is 5. The summed E-state index contributed by atoms with van der Waals surface area (Å²) in [4.78, 5) is 14.6. The minimum atomic E-state index is -3.10. The van der Waals surface area contributed by atoms with Crippen LogP contribution in [0, 0.1) is 0 Å². The zero-order valence-corrected chi connectivity index (χ0v) is 16.3. The monoisotopic (exact) mass is 389 g/mol. The lowest BCUT2D eigenvalue weighted by atomic mass is 10.1. The molecular weight excluding hydrogens is 366 g/mol. The van der Waals surface area contributed by atoms with E-state index in [1.54, 1.807) is 29.2 Å². The Hall–Kier alpha value is -2.54. The second kappa shape index (κ2) is 8.00. The number of amides is 1. The Morgan fingerprint density at radius 2 is 1.63 bits per heavy atom. The lowest BCUT2D eigenvalue weighted by Gasteiger charge is -2.23. The maximum Gasteiger partial charge on any atom is 0.254 e.